The number of carbonyl (C=O) groups is 3. The van der Waals surface area contributed by atoms with Crippen LogP contribution in [0, 0.1) is 0 Å². The molecule has 160 valence electrons. The second kappa shape index (κ2) is 12.7. The van der Waals surface area contributed by atoms with Crippen molar-refractivity contribution in [3.63, 3.8) is 0 Å². The molecule has 0 unspecified atom stereocenters. The maximum Gasteiger partial charge on any atom is 0.243 e. The minimum Gasteiger partial charge on any atom is -0.342 e. The molecule has 3 amide bonds. The largest absolute Gasteiger partial charge is 0.342 e. The van der Waals surface area contributed by atoms with E-state index in [4.69, 9.17) is 5.21 Å². The highest BCUT2D eigenvalue weighted by molar-refractivity contribution is 5.81. The van der Waals surface area contributed by atoms with Gasteiger partial charge in [0.25, 0.3) is 0 Å². The van der Waals surface area contributed by atoms with Crippen LogP contribution in [0.3, 0.4) is 0 Å². The molecule has 0 atom stereocenters. The summed E-state index contributed by atoms with van der Waals surface area (Å²) in [4.78, 5) is 42.2. The lowest BCUT2D eigenvalue weighted by Crippen LogP contribution is -2.47. The Morgan fingerprint density at radius 2 is 1.25 bits per heavy atom. The van der Waals surface area contributed by atoms with Crippen molar-refractivity contribution in [2.24, 2.45) is 0 Å². The van der Waals surface area contributed by atoms with Crippen molar-refractivity contribution in [3.8, 4) is 0 Å². The molecule has 0 bridgehead atoms. The van der Waals surface area contributed by atoms with Crippen LogP contribution in [0.4, 0.5) is 0 Å². The summed E-state index contributed by atoms with van der Waals surface area (Å²) >= 11 is 0. The first kappa shape index (κ1) is 22.6. The summed E-state index contributed by atoms with van der Waals surface area (Å²) in [6.45, 7) is 4.53. The fourth-order valence-electron chi connectivity index (χ4n) is 3.94. The van der Waals surface area contributed by atoms with Gasteiger partial charge in [-0.05, 0) is 57.9 Å². The topological polar surface area (TPSA) is 93.2 Å². The van der Waals surface area contributed by atoms with E-state index in [0.29, 0.717) is 13.0 Å². The number of rotatable bonds is 10. The van der Waals surface area contributed by atoms with Gasteiger partial charge in [0.1, 0.15) is 0 Å². The van der Waals surface area contributed by atoms with Crippen molar-refractivity contribution in [3.05, 3.63) is 0 Å². The third-order valence-corrected chi connectivity index (χ3v) is 5.64. The highest BCUT2D eigenvalue weighted by atomic mass is 16.5. The van der Waals surface area contributed by atoms with Crippen molar-refractivity contribution in [1.82, 2.24) is 20.2 Å². The van der Waals surface area contributed by atoms with E-state index in [-0.39, 0.29) is 37.2 Å². The highest BCUT2D eigenvalue weighted by Crippen LogP contribution is 2.12. The molecule has 0 aromatic heterocycles. The van der Waals surface area contributed by atoms with Crippen molar-refractivity contribution in [2.75, 3.05) is 45.8 Å². The van der Waals surface area contributed by atoms with Gasteiger partial charge in [-0.3, -0.25) is 24.5 Å². The SMILES string of the molecule is O=C(CCCCCN(CC(=O)N1CCCCC1)CC(=O)N1CCCCC1)NO. The van der Waals surface area contributed by atoms with E-state index in [2.05, 4.69) is 0 Å². The van der Waals surface area contributed by atoms with Gasteiger partial charge in [0.15, 0.2) is 0 Å². The number of piperidine rings is 2. The minimum absolute atomic E-state index is 0.116. The Kier molecular flexibility index (Phi) is 10.3. The average molecular weight is 397 g/mol. The van der Waals surface area contributed by atoms with Crippen LogP contribution in [0.15, 0.2) is 0 Å². The molecule has 2 saturated heterocycles. The van der Waals surface area contributed by atoms with E-state index >= 15 is 0 Å². The number of hydrogen-bond donors (Lipinski definition) is 2. The molecule has 0 aromatic carbocycles. The number of likely N-dealkylation sites (tertiary alicyclic amines) is 2. The van der Waals surface area contributed by atoms with Crippen LogP contribution in [-0.2, 0) is 14.4 Å². The Bertz CT molecular complexity index is 470. The lowest BCUT2D eigenvalue weighted by atomic mass is 10.1. The lowest BCUT2D eigenvalue weighted by molar-refractivity contribution is -0.136. The minimum atomic E-state index is -0.377. The van der Waals surface area contributed by atoms with Crippen LogP contribution in [0.25, 0.3) is 0 Å². The zero-order valence-electron chi connectivity index (χ0n) is 17.0. The smallest absolute Gasteiger partial charge is 0.243 e. The number of carbonyl (C=O) groups excluding carboxylic acids is 3. The van der Waals surface area contributed by atoms with Gasteiger partial charge >= 0.3 is 0 Å². The molecule has 2 N–H and O–H groups in total. The van der Waals surface area contributed by atoms with E-state index in [9.17, 15) is 14.4 Å². The predicted octanol–water partition coefficient (Wildman–Crippen LogP) is 1.38. The maximum absolute atomic E-state index is 12.7. The Hall–Kier alpha value is -1.67. The fraction of sp³-hybridized carbons (Fsp3) is 0.850. The Morgan fingerprint density at radius 3 is 1.71 bits per heavy atom. The number of nitrogens with one attached hydrogen (secondary N) is 1. The molecule has 0 aromatic rings. The molecule has 8 heteroatoms. The quantitative estimate of drug-likeness (QED) is 0.331. The van der Waals surface area contributed by atoms with Gasteiger partial charge in [0.05, 0.1) is 13.1 Å². The van der Waals surface area contributed by atoms with Crippen LogP contribution in [0.1, 0.15) is 64.2 Å². The molecule has 2 heterocycles. The summed E-state index contributed by atoms with van der Waals surface area (Å²) < 4.78 is 0. The van der Waals surface area contributed by atoms with E-state index in [1.165, 1.54) is 12.8 Å². The monoisotopic (exact) mass is 396 g/mol. The number of amides is 3. The summed E-state index contributed by atoms with van der Waals surface area (Å²) in [6, 6.07) is 0. The molecular weight excluding hydrogens is 360 g/mol. The lowest BCUT2D eigenvalue weighted by Gasteiger charge is -2.32. The molecule has 2 aliphatic heterocycles. The molecule has 28 heavy (non-hydrogen) atoms. The third-order valence-electron chi connectivity index (χ3n) is 5.64. The van der Waals surface area contributed by atoms with Gasteiger partial charge < -0.3 is 9.80 Å². The van der Waals surface area contributed by atoms with Crippen molar-refractivity contribution in [2.45, 2.75) is 64.2 Å². The molecule has 0 aliphatic carbocycles. The van der Waals surface area contributed by atoms with E-state index < -0.39 is 0 Å². The zero-order valence-corrected chi connectivity index (χ0v) is 17.0. The van der Waals surface area contributed by atoms with Gasteiger partial charge in [0, 0.05) is 32.6 Å². The van der Waals surface area contributed by atoms with Crippen LogP contribution < -0.4 is 5.48 Å². The first-order valence-electron chi connectivity index (χ1n) is 10.8. The van der Waals surface area contributed by atoms with Crippen LogP contribution in [-0.4, -0.2) is 83.4 Å². The molecule has 2 aliphatic rings. The zero-order chi connectivity index (χ0) is 20.2. The molecule has 2 fully saturated rings. The molecule has 0 spiro atoms. The van der Waals surface area contributed by atoms with Gasteiger partial charge in [-0.25, -0.2) is 5.48 Å². The van der Waals surface area contributed by atoms with Crippen molar-refractivity contribution < 1.29 is 19.6 Å². The first-order chi connectivity index (χ1) is 13.6. The molecule has 8 nitrogen and oxygen atoms in total. The Balaban J connectivity index is 1.81. The Morgan fingerprint density at radius 1 is 0.750 bits per heavy atom. The maximum atomic E-state index is 12.7. The summed E-state index contributed by atoms with van der Waals surface area (Å²) in [5.41, 5.74) is 1.64. The van der Waals surface area contributed by atoms with Gasteiger partial charge in [-0.1, -0.05) is 6.42 Å². The standard InChI is InChI=1S/C20H36N4O4/c25-18(21-28)10-4-1-5-11-22(16-19(26)23-12-6-2-7-13-23)17-20(27)24-14-8-3-9-15-24/h28H,1-17H2,(H,21,25). The molecule has 0 radical (unpaired) electrons. The summed E-state index contributed by atoms with van der Waals surface area (Å²) in [5, 5.41) is 8.53. The fourth-order valence-corrected chi connectivity index (χ4v) is 3.94. The van der Waals surface area contributed by atoms with E-state index in [0.717, 1.165) is 64.7 Å². The molecule has 2 rings (SSSR count). The second-order valence-electron chi connectivity index (χ2n) is 7.94. The number of unbranched alkanes of at least 4 members (excludes halogenated alkanes) is 2. The summed E-state index contributed by atoms with van der Waals surface area (Å²) in [5.74, 6) is -0.144. The van der Waals surface area contributed by atoms with Crippen molar-refractivity contribution >= 4 is 17.7 Å². The number of hydrogen-bond acceptors (Lipinski definition) is 5. The van der Waals surface area contributed by atoms with Gasteiger partial charge in [0.2, 0.25) is 17.7 Å². The van der Waals surface area contributed by atoms with Crippen LogP contribution in [0.2, 0.25) is 0 Å². The van der Waals surface area contributed by atoms with Gasteiger partial charge in [-0.2, -0.15) is 0 Å². The van der Waals surface area contributed by atoms with Crippen LogP contribution >= 0.6 is 0 Å². The van der Waals surface area contributed by atoms with Crippen LogP contribution in [0.5, 0.6) is 0 Å². The van der Waals surface area contributed by atoms with Gasteiger partial charge in [-0.15, -0.1) is 0 Å². The third kappa shape index (κ3) is 8.14. The van der Waals surface area contributed by atoms with E-state index in [1.54, 1.807) is 5.48 Å². The molecular formula is C20H36N4O4. The second-order valence-corrected chi connectivity index (χ2v) is 7.94. The van der Waals surface area contributed by atoms with E-state index in [1.807, 2.05) is 14.7 Å². The molecule has 0 saturated carbocycles. The Labute approximate surface area is 168 Å². The summed E-state index contributed by atoms with van der Waals surface area (Å²) in [7, 11) is 0. The number of hydroxylamine groups is 1. The first-order valence-corrected chi connectivity index (χ1v) is 10.8. The predicted molar refractivity (Wildman–Crippen MR) is 106 cm³/mol. The summed E-state index contributed by atoms with van der Waals surface area (Å²) in [6.07, 6.45) is 9.22. The normalized spacial score (nSPS) is 17.6. The van der Waals surface area contributed by atoms with Crippen molar-refractivity contribution in [1.29, 1.82) is 0 Å². The number of nitrogens with zero attached hydrogens (tertiary/aromatic N) is 3. The average Bonchev–Trinajstić information content (AvgIpc) is 2.74. The highest BCUT2D eigenvalue weighted by Gasteiger charge is 2.23.